The van der Waals surface area contributed by atoms with Crippen molar-refractivity contribution in [2.75, 3.05) is 0 Å². The zero-order valence-electron chi connectivity index (χ0n) is 14.9. The summed E-state index contributed by atoms with van der Waals surface area (Å²) in [4.78, 5) is 36.4. The van der Waals surface area contributed by atoms with E-state index in [1.165, 1.54) is 0 Å². The van der Waals surface area contributed by atoms with Gasteiger partial charge in [-0.15, -0.1) is 0 Å². The number of benzene rings is 2. The normalized spacial score (nSPS) is 14.0. The molecule has 0 heterocycles. The molecule has 1 atom stereocenters. The van der Waals surface area contributed by atoms with Crippen LogP contribution in [0.15, 0.2) is 54.6 Å². The van der Waals surface area contributed by atoms with Gasteiger partial charge in [0, 0.05) is 24.4 Å². The Morgan fingerprint density at radius 2 is 1.59 bits per heavy atom. The largest absolute Gasteiger partial charge is 0.352 e. The highest BCUT2D eigenvalue weighted by Crippen LogP contribution is 2.21. The summed E-state index contributed by atoms with van der Waals surface area (Å²) in [5.41, 5.74) is 2.58. The summed E-state index contributed by atoms with van der Waals surface area (Å²) in [7, 11) is 0. The molecule has 1 amide bonds. The molecule has 1 N–H and O–H groups in total. The molecule has 136 valence electrons. The van der Waals surface area contributed by atoms with E-state index < -0.39 is 17.6 Å². The minimum atomic E-state index is -1.33. The lowest BCUT2D eigenvalue weighted by Gasteiger charge is -2.08. The molecule has 0 saturated heterocycles. The second-order valence-electron chi connectivity index (χ2n) is 6.68. The molecule has 5 nitrogen and oxygen atoms in total. The Bertz CT molecular complexity index is 878. The molecule has 27 heavy (non-hydrogen) atoms. The highest BCUT2D eigenvalue weighted by atomic mass is 16.2. The van der Waals surface area contributed by atoms with Crippen LogP contribution in [0.4, 0.5) is 0 Å². The van der Waals surface area contributed by atoms with Crippen LogP contribution >= 0.6 is 0 Å². The molecule has 1 unspecified atom stereocenters. The molecule has 5 heteroatoms. The van der Waals surface area contributed by atoms with E-state index in [-0.39, 0.29) is 24.7 Å². The second-order valence-corrected chi connectivity index (χ2v) is 6.68. The molecule has 1 fully saturated rings. The van der Waals surface area contributed by atoms with Crippen molar-refractivity contribution in [3.8, 4) is 17.2 Å². The number of rotatable bonds is 8. The van der Waals surface area contributed by atoms with Crippen LogP contribution in [0, 0.1) is 17.2 Å². The number of nitrogens with zero attached hydrogens (tertiary/aromatic N) is 1. The Morgan fingerprint density at radius 3 is 2.19 bits per heavy atom. The van der Waals surface area contributed by atoms with Crippen molar-refractivity contribution < 1.29 is 14.4 Å². The quantitative estimate of drug-likeness (QED) is 0.578. The van der Waals surface area contributed by atoms with Crippen LogP contribution in [-0.2, 0) is 9.59 Å². The minimum Gasteiger partial charge on any atom is -0.352 e. The van der Waals surface area contributed by atoms with Crippen molar-refractivity contribution in [1.29, 1.82) is 5.26 Å². The number of nitrogens with one attached hydrogen (secondary N) is 1. The maximum absolute atomic E-state index is 12.3. The summed E-state index contributed by atoms with van der Waals surface area (Å²) in [6.45, 7) is 0. The minimum absolute atomic E-state index is 0.0155. The lowest BCUT2D eigenvalue weighted by atomic mass is 9.96. The average molecular weight is 360 g/mol. The van der Waals surface area contributed by atoms with E-state index in [4.69, 9.17) is 5.26 Å². The first-order valence-electron chi connectivity index (χ1n) is 9.00. The van der Waals surface area contributed by atoms with E-state index in [1.807, 2.05) is 42.5 Å². The predicted molar refractivity (Wildman–Crippen MR) is 101 cm³/mol. The molecular formula is C22H20N2O3. The van der Waals surface area contributed by atoms with Gasteiger partial charge in [-0.25, -0.2) is 0 Å². The van der Waals surface area contributed by atoms with Crippen molar-refractivity contribution in [2.24, 2.45) is 5.92 Å². The smallest absolute Gasteiger partial charge is 0.245 e. The van der Waals surface area contributed by atoms with Crippen LogP contribution in [0.5, 0.6) is 0 Å². The molecule has 3 rings (SSSR count). The summed E-state index contributed by atoms with van der Waals surface area (Å²) >= 11 is 0. The summed E-state index contributed by atoms with van der Waals surface area (Å²) in [5, 5.41) is 11.8. The van der Waals surface area contributed by atoms with Crippen molar-refractivity contribution in [2.45, 2.75) is 31.7 Å². The number of nitriles is 1. The van der Waals surface area contributed by atoms with E-state index in [9.17, 15) is 14.4 Å². The van der Waals surface area contributed by atoms with Gasteiger partial charge in [-0.3, -0.25) is 14.4 Å². The zero-order chi connectivity index (χ0) is 19.2. The Kier molecular flexibility index (Phi) is 5.77. The fraction of sp³-hybridized carbons (Fsp3) is 0.273. The average Bonchev–Trinajstić information content (AvgIpc) is 3.51. The molecule has 0 aliphatic heterocycles. The SMILES string of the molecule is N#CC(C(=O)CCC(=O)c1ccc(-c2ccccc2)cc1)C(=O)NC1CC1. The van der Waals surface area contributed by atoms with E-state index in [1.54, 1.807) is 18.2 Å². The highest BCUT2D eigenvalue weighted by Gasteiger charge is 2.31. The lowest BCUT2D eigenvalue weighted by Crippen LogP contribution is -2.36. The second kappa shape index (κ2) is 8.41. The van der Waals surface area contributed by atoms with Gasteiger partial charge in [0.25, 0.3) is 0 Å². The Balaban J connectivity index is 1.56. The van der Waals surface area contributed by atoms with E-state index in [0.717, 1.165) is 24.0 Å². The maximum atomic E-state index is 12.3. The van der Waals surface area contributed by atoms with Gasteiger partial charge in [0.1, 0.15) is 0 Å². The lowest BCUT2D eigenvalue weighted by molar-refractivity contribution is -0.131. The van der Waals surface area contributed by atoms with E-state index in [2.05, 4.69) is 5.32 Å². The van der Waals surface area contributed by atoms with Gasteiger partial charge in [-0.05, 0) is 24.0 Å². The molecule has 1 saturated carbocycles. The van der Waals surface area contributed by atoms with Crippen molar-refractivity contribution in [3.05, 3.63) is 60.2 Å². The maximum Gasteiger partial charge on any atom is 0.245 e. The fourth-order valence-corrected chi connectivity index (χ4v) is 2.79. The van der Waals surface area contributed by atoms with Crippen molar-refractivity contribution in [3.63, 3.8) is 0 Å². The van der Waals surface area contributed by atoms with Gasteiger partial charge in [-0.1, -0.05) is 54.6 Å². The first-order valence-corrected chi connectivity index (χ1v) is 9.00. The molecule has 1 aliphatic rings. The number of carbonyl (C=O) groups is 3. The zero-order valence-corrected chi connectivity index (χ0v) is 14.9. The number of Topliss-reactive ketones (excluding diaryl/α,β-unsaturated/α-hetero) is 2. The Morgan fingerprint density at radius 1 is 0.963 bits per heavy atom. The molecule has 2 aromatic carbocycles. The molecule has 0 aromatic heterocycles. The van der Waals surface area contributed by atoms with Gasteiger partial charge < -0.3 is 5.32 Å². The third-order valence-electron chi connectivity index (χ3n) is 4.55. The van der Waals surface area contributed by atoms with Crippen LogP contribution < -0.4 is 5.32 Å². The van der Waals surface area contributed by atoms with Gasteiger partial charge in [-0.2, -0.15) is 5.26 Å². The first kappa shape index (κ1) is 18.5. The molecule has 2 aromatic rings. The fourth-order valence-electron chi connectivity index (χ4n) is 2.79. The monoisotopic (exact) mass is 360 g/mol. The first-order chi connectivity index (χ1) is 13.1. The van der Waals surface area contributed by atoms with E-state index in [0.29, 0.717) is 5.56 Å². The van der Waals surface area contributed by atoms with Crippen LogP contribution in [-0.4, -0.2) is 23.5 Å². The molecule has 1 aliphatic carbocycles. The third kappa shape index (κ3) is 4.89. The highest BCUT2D eigenvalue weighted by molar-refractivity contribution is 6.06. The summed E-state index contributed by atoms with van der Waals surface area (Å²) in [5.74, 6) is -2.57. The van der Waals surface area contributed by atoms with E-state index >= 15 is 0 Å². The molecule has 0 radical (unpaired) electrons. The van der Waals surface area contributed by atoms with Crippen LogP contribution in [0.2, 0.25) is 0 Å². The van der Waals surface area contributed by atoms with Crippen LogP contribution in [0.1, 0.15) is 36.0 Å². The van der Waals surface area contributed by atoms with Gasteiger partial charge >= 0.3 is 0 Å². The number of carbonyl (C=O) groups excluding carboxylic acids is 3. The predicted octanol–water partition coefficient (Wildman–Crippen LogP) is 3.30. The molecular weight excluding hydrogens is 340 g/mol. The third-order valence-corrected chi connectivity index (χ3v) is 4.55. The Labute approximate surface area is 158 Å². The molecule has 0 bridgehead atoms. The Hall–Kier alpha value is -3.26. The van der Waals surface area contributed by atoms with Crippen molar-refractivity contribution in [1.82, 2.24) is 5.32 Å². The summed E-state index contributed by atoms with van der Waals surface area (Å²) in [6, 6.07) is 18.9. The topological polar surface area (TPSA) is 87.0 Å². The number of ketones is 2. The van der Waals surface area contributed by atoms with Crippen molar-refractivity contribution >= 4 is 17.5 Å². The van der Waals surface area contributed by atoms with Crippen LogP contribution in [0.25, 0.3) is 11.1 Å². The van der Waals surface area contributed by atoms with Gasteiger partial charge in [0.15, 0.2) is 17.5 Å². The standard InChI is InChI=1S/C22H20N2O3/c23-14-19(22(27)24-18-10-11-18)21(26)13-12-20(25)17-8-6-16(7-9-17)15-4-2-1-3-5-15/h1-9,18-19H,10-13H2,(H,24,27). The molecule has 0 spiro atoms. The number of amides is 1. The summed E-state index contributed by atoms with van der Waals surface area (Å²) < 4.78 is 0. The summed E-state index contributed by atoms with van der Waals surface area (Å²) in [6.07, 6.45) is 1.64. The van der Waals surface area contributed by atoms with Gasteiger partial charge in [0.05, 0.1) is 6.07 Å². The number of hydrogen-bond acceptors (Lipinski definition) is 4. The van der Waals surface area contributed by atoms with Gasteiger partial charge in [0.2, 0.25) is 5.91 Å². The van der Waals surface area contributed by atoms with Crippen LogP contribution in [0.3, 0.4) is 0 Å². The number of hydrogen-bond donors (Lipinski definition) is 1.